The molecule has 0 fully saturated rings. The molecule has 4 heteroatoms. The molecule has 0 saturated carbocycles. The standard InChI is InChI=1S/C9H12BrNS.ClH/c1-6(2)3-8(11)9-4-7(10)5-12-9;/h4-5,8H,1,3,11H2,2H3;1H/t8-;/m1./s1. The average Bonchev–Trinajstić information content (AvgIpc) is 2.34. The van der Waals surface area contributed by atoms with Gasteiger partial charge in [-0.25, -0.2) is 0 Å². The van der Waals surface area contributed by atoms with Gasteiger partial charge < -0.3 is 5.73 Å². The van der Waals surface area contributed by atoms with Gasteiger partial charge in [0.1, 0.15) is 0 Å². The van der Waals surface area contributed by atoms with Crippen molar-refractivity contribution in [3.63, 3.8) is 0 Å². The van der Waals surface area contributed by atoms with E-state index in [9.17, 15) is 0 Å². The predicted octanol–water partition coefficient (Wildman–Crippen LogP) is 3.90. The predicted molar refractivity (Wildman–Crippen MR) is 65.6 cm³/mol. The normalized spacial score (nSPS) is 11.9. The van der Waals surface area contributed by atoms with E-state index in [0.29, 0.717) is 0 Å². The summed E-state index contributed by atoms with van der Waals surface area (Å²) in [5.74, 6) is 0. The van der Waals surface area contributed by atoms with Gasteiger partial charge in [0.15, 0.2) is 0 Å². The van der Waals surface area contributed by atoms with Gasteiger partial charge in [0.25, 0.3) is 0 Å². The summed E-state index contributed by atoms with van der Waals surface area (Å²) in [4.78, 5) is 1.21. The van der Waals surface area contributed by atoms with Crippen LogP contribution in [0.25, 0.3) is 0 Å². The zero-order chi connectivity index (χ0) is 9.14. The maximum Gasteiger partial charge on any atom is 0.0427 e. The summed E-state index contributed by atoms with van der Waals surface area (Å²) in [7, 11) is 0. The molecule has 1 aromatic heterocycles. The molecule has 2 N–H and O–H groups in total. The lowest BCUT2D eigenvalue weighted by Gasteiger charge is -2.07. The molecule has 13 heavy (non-hydrogen) atoms. The van der Waals surface area contributed by atoms with Crippen molar-refractivity contribution in [2.24, 2.45) is 5.73 Å². The van der Waals surface area contributed by atoms with Crippen LogP contribution in [0.4, 0.5) is 0 Å². The second-order valence-electron chi connectivity index (χ2n) is 2.94. The van der Waals surface area contributed by atoms with Gasteiger partial charge in [-0.2, -0.15) is 0 Å². The Hall–Kier alpha value is 0.170. The SMILES string of the molecule is C=C(C)C[C@@H](N)c1cc(Br)cs1.Cl. The van der Waals surface area contributed by atoms with Crippen LogP contribution in [0.15, 0.2) is 28.1 Å². The lowest BCUT2D eigenvalue weighted by Crippen LogP contribution is -2.08. The van der Waals surface area contributed by atoms with E-state index in [0.717, 1.165) is 16.5 Å². The van der Waals surface area contributed by atoms with Crippen LogP contribution >= 0.6 is 39.7 Å². The van der Waals surface area contributed by atoms with Gasteiger partial charge in [-0.05, 0) is 35.3 Å². The van der Waals surface area contributed by atoms with Crippen molar-refractivity contribution in [1.29, 1.82) is 0 Å². The molecule has 1 aromatic rings. The average molecular weight is 283 g/mol. The van der Waals surface area contributed by atoms with E-state index >= 15 is 0 Å². The first-order chi connectivity index (χ1) is 5.59. The van der Waals surface area contributed by atoms with Crippen molar-refractivity contribution >= 4 is 39.7 Å². The molecule has 1 heterocycles. The van der Waals surface area contributed by atoms with Crippen LogP contribution in [-0.2, 0) is 0 Å². The molecular weight excluding hydrogens is 270 g/mol. The Labute approximate surface area is 97.6 Å². The maximum absolute atomic E-state index is 5.94. The summed E-state index contributed by atoms with van der Waals surface area (Å²) in [5, 5.41) is 2.05. The fourth-order valence-corrected chi connectivity index (χ4v) is 2.45. The van der Waals surface area contributed by atoms with Crippen molar-refractivity contribution in [2.75, 3.05) is 0 Å². The minimum absolute atomic E-state index is 0. The summed E-state index contributed by atoms with van der Waals surface area (Å²) in [6.45, 7) is 5.84. The fourth-order valence-electron chi connectivity index (χ4n) is 0.999. The van der Waals surface area contributed by atoms with E-state index in [1.165, 1.54) is 4.88 Å². The molecule has 0 aromatic carbocycles. The van der Waals surface area contributed by atoms with Crippen molar-refractivity contribution in [1.82, 2.24) is 0 Å². The van der Waals surface area contributed by atoms with Crippen LogP contribution in [0.2, 0.25) is 0 Å². The van der Waals surface area contributed by atoms with Gasteiger partial charge in [0.2, 0.25) is 0 Å². The summed E-state index contributed by atoms with van der Waals surface area (Å²) < 4.78 is 1.11. The van der Waals surface area contributed by atoms with Crippen molar-refractivity contribution in [3.8, 4) is 0 Å². The highest BCUT2D eigenvalue weighted by Gasteiger charge is 2.07. The Balaban J connectivity index is 0.00000144. The zero-order valence-corrected chi connectivity index (χ0v) is 10.6. The molecular formula is C9H13BrClNS. The van der Waals surface area contributed by atoms with Crippen LogP contribution in [0.1, 0.15) is 24.3 Å². The second kappa shape index (κ2) is 5.81. The number of rotatable bonds is 3. The molecule has 1 rings (SSSR count). The van der Waals surface area contributed by atoms with Gasteiger partial charge >= 0.3 is 0 Å². The third-order valence-corrected chi connectivity index (χ3v) is 3.35. The largest absolute Gasteiger partial charge is 0.323 e. The van der Waals surface area contributed by atoms with E-state index in [1.807, 2.05) is 12.3 Å². The monoisotopic (exact) mass is 281 g/mol. The maximum atomic E-state index is 5.94. The molecule has 1 nitrogen and oxygen atoms in total. The fraction of sp³-hybridized carbons (Fsp3) is 0.333. The Morgan fingerprint density at radius 2 is 2.38 bits per heavy atom. The van der Waals surface area contributed by atoms with Gasteiger partial charge in [0, 0.05) is 20.8 Å². The van der Waals surface area contributed by atoms with E-state index < -0.39 is 0 Å². The topological polar surface area (TPSA) is 26.0 Å². The van der Waals surface area contributed by atoms with Crippen LogP contribution in [0.3, 0.4) is 0 Å². The van der Waals surface area contributed by atoms with Gasteiger partial charge in [-0.3, -0.25) is 0 Å². The zero-order valence-electron chi connectivity index (χ0n) is 7.42. The summed E-state index contributed by atoms with van der Waals surface area (Å²) >= 11 is 5.09. The minimum Gasteiger partial charge on any atom is -0.323 e. The van der Waals surface area contributed by atoms with Crippen molar-refractivity contribution < 1.29 is 0 Å². The number of thiophene rings is 1. The first-order valence-corrected chi connectivity index (χ1v) is 5.40. The highest BCUT2D eigenvalue weighted by Crippen LogP contribution is 2.27. The number of hydrogen-bond acceptors (Lipinski definition) is 2. The summed E-state index contributed by atoms with van der Waals surface area (Å²) in [6.07, 6.45) is 0.868. The Morgan fingerprint density at radius 3 is 2.77 bits per heavy atom. The van der Waals surface area contributed by atoms with Crippen LogP contribution in [0.5, 0.6) is 0 Å². The molecule has 0 aliphatic heterocycles. The summed E-state index contributed by atoms with van der Waals surface area (Å²) in [6, 6.07) is 2.18. The number of hydrogen-bond donors (Lipinski definition) is 1. The lowest BCUT2D eigenvalue weighted by molar-refractivity contribution is 0.731. The van der Waals surface area contributed by atoms with Crippen LogP contribution < -0.4 is 5.73 Å². The van der Waals surface area contributed by atoms with Gasteiger partial charge in [-0.1, -0.05) is 5.57 Å². The van der Waals surface area contributed by atoms with Crippen molar-refractivity contribution in [2.45, 2.75) is 19.4 Å². The van der Waals surface area contributed by atoms with Gasteiger partial charge in [-0.15, -0.1) is 30.3 Å². The first-order valence-electron chi connectivity index (χ1n) is 3.73. The quantitative estimate of drug-likeness (QED) is 0.836. The molecule has 0 unspecified atom stereocenters. The molecule has 0 aliphatic carbocycles. The Morgan fingerprint density at radius 1 is 1.77 bits per heavy atom. The smallest absolute Gasteiger partial charge is 0.0427 e. The minimum atomic E-state index is 0. The number of nitrogens with two attached hydrogens (primary N) is 1. The molecule has 0 bridgehead atoms. The highest BCUT2D eigenvalue weighted by atomic mass is 79.9. The van der Waals surface area contributed by atoms with E-state index in [-0.39, 0.29) is 18.4 Å². The van der Waals surface area contributed by atoms with Crippen LogP contribution in [-0.4, -0.2) is 0 Å². The van der Waals surface area contributed by atoms with Crippen molar-refractivity contribution in [3.05, 3.63) is 32.9 Å². The molecule has 1 atom stereocenters. The third-order valence-electron chi connectivity index (χ3n) is 1.52. The van der Waals surface area contributed by atoms with E-state index in [1.54, 1.807) is 11.3 Å². The molecule has 0 aliphatic rings. The third kappa shape index (κ3) is 4.27. The first kappa shape index (κ1) is 13.2. The van der Waals surface area contributed by atoms with E-state index in [2.05, 4.69) is 28.6 Å². The number of halogens is 2. The van der Waals surface area contributed by atoms with Gasteiger partial charge in [0.05, 0.1) is 0 Å². The lowest BCUT2D eigenvalue weighted by atomic mass is 10.1. The highest BCUT2D eigenvalue weighted by molar-refractivity contribution is 9.10. The summed E-state index contributed by atoms with van der Waals surface area (Å²) in [5.41, 5.74) is 7.07. The molecule has 0 radical (unpaired) electrons. The molecule has 0 spiro atoms. The second-order valence-corrected chi connectivity index (χ2v) is 4.79. The van der Waals surface area contributed by atoms with E-state index in [4.69, 9.17) is 5.73 Å². The Kier molecular flexibility index (Phi) is 5.88. The molecule has 0 amide bonds. The molecule has 0 saturated heterocycles. The Bertz CT molecular complexity index is 285. The van der Waals surface area contributed by atoms with Crippen LogP contribution in [0, 0.1) is 0 Å². The molecule has 74 valence electrons.